The van der Waals surface area contributed by atoms with E-state index >= 15 is 0 Å². The Morgan fingerprint density at radius 1 is 1.77 bits per heavy atom. The lowest BCUT2D eigenvalue weighted by Crippen LogP contribution is -2.14. The molecule has 0 bridgehead atoms. The normalized spacial score (nSPS) is 28.8. The Labute approximate surface area is 82.6 Å². The molecule has 72 valence electrons. The van der Waals surface area contributed by atoms with Crippen molar-refractivity contribution in [2.75, 3.05) is 0 Å². The monoisotopic (exact) mass is 197 g/mol. The van der Waals surface area contributed by atoms with Crippen molar-refractivity contribution in [2.45, 2.75) is 32.8 Å². The number of thiazole rings is 1. The van der Waals surface area contributed by atoms with E-state index in [2.05, 4.69) is 11.9 Å². The molecule has 0 saturated heterocycles. The summed E-state index contributed by atoms with van der Waals surface area (Å²) < 4.78 is 0. The minimum absolute atomic E-state index is 0.170. The fourth-order valence-electron chi connectivity index (χ4n) is 1.75. The average molecular weight is 197 g/mol. The molecule has 0 spiro atoms. The van der Waals surface area contributed by atoms with Crippen LogP contribution in [0.15, 0.2) is 5.38 Å². The fraction of sp³-hybridized carbons (Fsp3) is 0.700. The van der Waals surface area contributed by atoms with E-state index < -0.39 is 0 Å². The van der Waals surface area contributed by atoms with Gasteiger partial charge < -0.3 is 5.11 Å². The maximum Gasteiger partial charge on any atom is 0.0897 e. The maximum atomic E-state index is 9.79. The number of rotatable bonds is 3. The van der Waals surface area contributed by atoms with Crippen molar-refractivity contribution in [1.82, 2.24) is 4.98 Å². The lowest BCUT2D eigenvalue weighted by atomic mass is 10.1. The Hall–Kier alpha value is -0.410. The van der Waals surface area contributed by atoms with Gasteiger partial charge in [-0.15, -0.1) is 11.3 Å². The van der Waals surface area contributed by atoms with Crippen LogP contribution in [-0.4, -0.2) is 16.2 Å². The molecule has 2 nitrogen and oxygen atoms in total. The fourth-order valence-corrected chi connectivity index (χ4v) is 2.38. The van der Waals surface area contributed by atoms with Gasteiger partial charge in [0.05, 0.1) is 16.8 Å². The van der Waals surface area contributed by atoms with Crippen molar-refractivity contribution in [2.24, 2.45) is 11.8 Å². The lowest BCUT2D eigenvalue weighted by molar-refractivity contribution is 0.145. The van der Waals surface area contributed by atoms with Crippen LogP contribution in [0.4, 0.5) is 0 Å². The summed E-state index contributed by atoms with van der Waals surface area (Å²) in [5.74, 6) is 1.25. The quantitative estimate of drug-likeness (QED) is 0.804. The number of aromatic nitrogens is 1. The first kappa shape index (κ1) is 9.16. The van der Waals surface area contributed by atoms with Crippen molar-refractivity contribution in [1.29, 1.82) is 0 Å². The zero-order valence-corrected chi connectivity index (χ0v) is 8.84. The molecule has 3 atom stereocenters. The lowest BCUT2D eigenvalue weighted by Gasteiger charge is -2.06. The summed E-state index contributed by atoms with van der Waals surface area (Å²) in [6.07, 6.45) is 1.75. The van der Waals surface area contributed by atoms with E-state index in [-0.39, 0.29) is 6.10 Å². The Morgan fingerprint density at radius 3 is 2.92 bits per heavy atom. The number of aliphatic hydroxyl groups excluding tert-OH is 1. The van der Waals surface area contributed by atoms with E-state index in [0.717, 1.165) is 23.0 Å². The first-order chi connectivity index (χ1) is 6.16. The van der Waals surface area contributed by atoms with Gasteiger partial charge >= 0.3 is 0 Å². The van der Waals surface area contributed by atoms with E-state index in [1.807, 2.05) is 12.3 Å². The molecule has 0 radical (unpaired) electrons. The van der Waals surface area contributed by atoms with E-state index in [0.29, 0.717) is 5.92 Å². The van der Waals surface area contributed by atoms with Crippen LogP contribution in [0.1, 0.15) is 24.0 Å². The predicted octanol–water partition coefficient (Wildman–Crippen LogP) is 2.01. The number of hydrogen-bond acceptors (Lipinski definition) is 3. The number of nitrogens with zero attached hydrogens (tertiary/aromatic N) is 1. The summed E-state index contributed by atoms with van der Waals surface area (Å²) in [7, 11) is 0. The van der Waals surface area contributed by atoms with Gasteiger partial charge in [-0.25, -0.2) is 4.98 Å². The molecular weight excluding hydrogens is 182 g/mol. The molecule has 3 unspecified atom stereocenters. The third kappa shape index (κ3) is 2.09. The van der Waals surface area contributed by atoms with Gasteiger partial charge in [-0.05, 0) is 25.2 Å². The molecule has 1 fully saturated rings. The Kier molecular flexibility index (Phi) is 2.39. The SMILES string of the molecule is Cc1nc(CC(O)C2CC2C)cs1. The number of hydrogen-bond donors (Lipinski definition) is 1. The van der Waals surface area contributed by atoms with Crippen LogP contribution in [0.25, 0.3) is 0 Å². The van der Waals surface area contributed by atoms with Crippen LogP contribution in [0.5, 0.6) is 0 Å². The van der Waals surface area contributed by atoms with Crippen LogP contribution in [-0.2, 0) is 6.42 Å². The maximum absolute atomic E-state index is 9.79. The molecule has 1 aromatic rings. The molecule has 1 aromatic heterocycles. The number of aryl methyl sites for hydroxylation is 1. The van der Waals surface area contributed by atoms with Crippen molar-refractivity contribution < 1.29 is 5.11 Å². The zero-order chi connectivity index (χ0) is 9.42. The Morgan fingerprint density at radius 2 is 2.46 bits per heavy atom. The van der Waals surface area contributed by atoms with Gasteiger partial charge in [0.25, 0.3) is 0 Å². The molecule has 3 heteroatoms. The first-order valence-electron chi connectivity index (χ1n) is 4.76. The molecule has 0 aromatic carbocycles. The minimum Gasteiger partial charge on any atom is -0.392 e. The van der Waals surface area contributed by atoms with E-state index in [4.69, 9.17) is 0 Å². The van der Waals surface area contributed by atoms with Gasteiger partial charge in [-0.2, -0.15) is 0 Å². The van der Waals surface area contributed by atoms with Gasteiger partial charge in [0.1, 0.15) is 0 Å². The van der Waals surface area contributed by atoms with Gasteiger partial charge in [-0.3, -0.25) is 0 Å². The summed E-state index contributed by atoms with van der Waals surface area (Å²) in [6.45, 7) is 4.19. The minimum atomic E-state index is -0.170. The van der Waals surface area contributed by atoms with Crippen molar-refractivity contribution in [3.8, 4) is 0 Å². The molecule has 1 heterocycles. The van der Waals surface area contributed by atoms with Gasteiger partial charge in [0.15, 0.2) is 0 Å². The second-order valence-electron chi connectivity index (χ2n) is 4.01. The smallest absolute Gasteiger partial charge is 0.0897 e. The van der Waals surface area contributed by atoms with Crippen LogP contribution in [0.2, 0.25) is 0 Å². The van der Waals surface area contributed by atoms with E-state index in [1.54, 1.807) is 11.3 Å². The van der Waals surface area contributed by atoms with E-state index in [1.165, 1.54) is 6.42 Å². The summed E-state index contributed by atoms with van der Waals surface area (Å²) in [6, 6.07) is 0. The molecular formula is C10H15NOS. The topological polar surface area (TPSA) is 33.1 Å². The Bertz CT molecular complexity index is 297. The number of aliphatic hydroxyl groups is 1. The summed E-state index contributed by atoms with van der Waals surface area (Å²) in [5, 5.41) is 12.9. The third-order valence-corrected chi connectivity index (χ3v) is 3.57. The van der Waals surface area contributed by atoms with Crippen LogP contribution in [0.3, 0.4) is 0 Å². The largest absolute Gasteiger partial charge is 0.392 e. The molecule has 0 aliphatic heterocycles. The van der Waals surface area contributed by atoms with Gasteiger partial charge in [-0.1, -0.05) is 6.92 Å². The standard InChI is InChI=1S/C10H15NOS/c1-6-3-9(6)10(12)4-8-5-13-7(2)11-8/h5-6,9-10,12H,3-4H2,1-2H3. The first-order valence-corrected chi connectivity index (χ1v) is 5.64. The second-order valence-corrected chi connectivity index (χ2v) is 5.07. The summed E-state index contributed by atoms with van der Waals surface area (Å²) in [5.41, 5.74) is 1.05. The molecule has 1 aliphatic rings. The molecule has 1 aliphatic carbocycles. The molecule has 1 N–H and O–H groups in total. The van der Waals surface area contributed by atoms with Crippen LogP contribution in [0, 0.1) is 18.8 Å². The predicted molar refractivity (Wildman–Crippen MR) is 53.8 cm³/mol. The van der Waals surface area contributed by atoms with Crippen molar-refractivity contribution in [3.05, 3.63) is 16.1 Å². The van der Waals surface area contributed by atoms with Crippen molar-refractivity contribution in [3.63, 3.8) is 0 Å². The zero-order valence-electron chi connectivity index (χ0n) is 8.03. The average Bonchev–Trinajstić information content (AvgIpc) is 2.66. The highest BCUT2D eigenvalue weighted by molar-refractivity contribution is 7.09. The molecule has 0 amide bonds. The summed E-state index contributed by atoms with van der Waals surface area (Å²) >= 11 is 1.66. The van der Waals surface area contributed by atoms with Crippen LogP contribution < -0.4 is 0 Å². The highest BCUT2D eigenvalue weighted by Gasteiger charge is 2.38. The van der Waals surface area contributed by atoms with Crippen LogP contribution >= 0.6 is 11.3 Å². The third-order valence-electron chi connectivity index (χ3n) is 2.75. The summed E-state index contributed by atoms with van der Waals surface area (Å²) in [4.78, 5) is 4.34. The highest BCUT2D eigenvalue weighted by Crippen LogP contribution is 2.41. The van der Waals surface area contributed by atoms with Gasteiger partial charge in [0.2, 0.25) is 0 Å². The van der Waals surface area contributed by atoms with Gasteiger partial charge in [0, 0.05) is 11.8 Å². The van der Waals surface area contributed by atoms with Crippen molar-refractivity contribution >= 4 is 11.3 Å². The Balaban J connectivity index is 1.91. The second kappa shape index (κ2) is 3.39. The highest BCUT2D eigenvalue weighted by atomic mass is 32.1. The molecule has 13 heavy (non-hydrogen) atoms. The van der Waals surface area contributed by atoms with E-state index in [9.17, 15) is 5.11 Å². The molecule has 1 saturated carbocycles. The molecule has 2 rings (SSSR count).